The zero-order valence-corrected chi connectivity index (χ0v) is 27.4. The third kappa shape index (κ3) is 7.82. The van der Waals surface area contributed by atoms with Gasteiger partial charge in [-0.05, 0) is 75.4 Å². The lowest BCUT2D eigenvalue weighted by atomic mass is 9.86. The summed E-state index contributed by atoms with van der Waals surface area (Å²) in [6, 6.07) is 11.5. The molecular formula is C33H43ClN4O5. The largest absolute Gasteiger partial charge is 0.497 e. The van der Waals surface area contributed by atoms with Crippen molar-refractivity contribution in [2.75, 3.05) is 20.2 Å². The molecule has 43 heavy (non-hydrogen) atoms. The Labute approximate surface area is 259 Å². The number of carbonyl (C=O) groups excluding carboxylic acids is 2. The lowest BCUT2D eigenvalue weighted by molar-refractivity contribution is 0.00532. The van der Waals surface area contributed by atoms with Crippen molar-refractivity contribution < 1.29 is 23.8 Å². The summed E-state index contributed by atoms with van der Waals surface area (Å²) in [5, 5.41) is 8.40. The molecule has 4 rings (SSSR count). The molecule has 0 atom stereocenters. The van der Waals surface area contributed by atoms with Gasteiger partial charge in [-0.25, -0.2) is 4.79 Å². The second-order valence-corrected chi connectivity index (χ2v) is 13.5. The molecule has 1 saturated heterocycles. The maximum absolute atomic E-state index is 13.3. The van der Waals surface area contributed by atoms with Crippen LogP contribution in [0.1, 0.15) is 80.0 Å². The van der Waals surface area contributed by atoms with Crippen molar-refractivity contribution in [2.45, 2.75) is 85.6 Å². The quantitative estimate of drug-likeness (QED) is 0.316. The molecule has 2 aromatic carbocycles. The van der Waals surface area contributed by atoms with Crippen molar-refractivity contribution in [3.63, 3.8) is 0 Å². The molecule has 1 aliphatic heterocycles. The van der Waals surface area contributed by atoms with Crippen LogP contribution in [0.3, 0.4) is 0 Å². The molecule has 9 nitrogen and oxygen atoms in total. The van der Waals surface area contributed by atoms with Gasteiger partial charge in [-0.15, -0.1) is 0 Å². The van der Waals surface area contributed by atoms with Crippen molar-refractivity contribution >= 4 is 23.6 Å². The molecule has 10 heteroatoms. The SMILES string of the molecule is COc1ccc(COc2cc(Cl)c(C(C)(C)C)cc2Cn2nc(C)c(C(=O)NC3CN(C(=O)OC(C)(C)C)C3)c2C)cc1. The Kier molecular flexibility index (Phi) is 9.35. The van der Waals surface area contributed by atoms with Crippen LogP contribution in [0.15, 0.2) is 36.4 Å². The van der Waals surface area contributed by atoms with Gasteiger partial charge in [-0.1, -0.05) is 44.5 Å². The highest BCUT2D eigenvalue weighted by molar-refractivity contribution is 6.31. The highest BCUT2D eigenvalue weighted by atomic mass is 35.5. The number of halogens is 1. The fourth-order valence-corrected chi connectivity index (χ4v) is 5.40. The Balaban J connectivity index is 1.52. The number of ether oxygens (including phenoxy) is 3. The summed E-state index contributed by atoms with van der Waals surface area (Å²) in [6.07, 6.45) is -0.374. The van der Waals surface area contributed by atoms with Gasteiger partial charge in [-0.2, -0.15) is 5.10 Å². The molecule has 0 aliphatic carbocycles. The number of methoxy groups -OCH3 is 1. The molecule has 0 saturated carbocycles. The Bertz CT molecular complexity index is 1480. The molecule has 232 valence electrons. The number of likely N-dealkylation sites (tertiary alicyclic amines) is 1. The number of rotatable bonds is 8. The third-order valence-electron chi connectivity index (χ3n) is 7.31. The van der Waals surface area contributed by atoms with E-state index < -0.39 is 5.60 Å². The van der Waals surface area contributed by atoms with Crippen molar-refractivity contribution in [2.24, 2.45) is 0 Å². The van der Waals surface area contributed by atoms with Crippen molar-refractivity contribution in [1.82, 2.24) is 20.0 Å². The molecule has 0 unspecified atom stereocenters. The first-order valence-corrected chi connectivity index (χ1v) is 14.8. The molecular weight excluding hydrogens is 568 g/mol. The topological polar surface area (TPSA) is 94.9 Å². The van der Waals surface area contributed by atoms with Crippen LogP contribution < -0.4 is 14.8 Å². The molecule has 1 N–H and O–H groups in total. The van der Waals surface area contributed by atoms with E-state index in [0.717, 1.165) is 28.1 Å². The Morgan fingerprint density at radius 1 is 1.05 bits per heavy atom. The predicted octanol–water partition coefficient (Wildman–Crippen LogP) is 6.44. The van der Waals surface area contributed by atoms with E-state index in [0.29, 0.717) is 48.3 Å². The van der Waals surface area contributed by atoms with Gasteiger partial charge >= 0.3 is 6.09 Å². The van der Waals surface area contributed by atoms with Crippen LogP contribution >= 0.6 is 11.6 Å². The summed E-state index contributed by atoms with van der Waals surface area (Å²) < 4.78 is 18.8. The molecule has 2 heterocycles. The number of carbonyl (C=O) groups is 2. The van der Waals surface area contributed by atoms with Crippen LogP contribution in [-0.4, -0.2) is 58.5 Å². The van der Waals surface area contributed by atoms with E-state index in [1.165, 1.54) is 0 Å². The van der Waals surface area contributed by atoms with Gasteiger partial charge in [0.15, 0.2) is 0 Å². The lowest BCUT2D eigenvalue weighted by Gasteiger charge is -2.39. The van der Waals surface area contributed by atoms with E-state index in [9.17, 15) is 9.59 Å². The van der Waals surface area contributed by atoms with E-state index >= 15 is 0 Å². The number of benzene rings is 2. The van der Waals surface area contributed by atoms with E-state index in [1.807, 2.05) is 69.6 Å². The van der Waals surface area contributed by atoms with Crippen molar-refractivity contribution in [1.29, 1.82) is 0 Å². The predicted molar refractivity (Wildman–Crippen MR) is 167 cm³/mol. The number of amides is 2. The van der Waals surface area contributed by atoms with Crippen LogP contribution in [0, 0.1) is 13.8 Å². The summed E-state index contributed by atoms with van der Waals surface area (Å²) in [5.41, 5.74) is 4.06. The van der Waals surface area contributed by atoms with Crippen LogP contribution in [0.25, 0.3) is 0 Å². The van der Waals surface area contributed by atoms with E-state index in [2.05, 4.69) is 32.2 Å². The molecule has 1 fully saturated rings. The molecule has 0 spiro atoms. The van der Waals surface area contributed by atoms with Gasteiger partial charge < -0.3 is 24.4 Å². The molecule has 1 aliphatic rings. The Morgan fingerprint density at radius 2 is 1.70 bits per heavy atom. The monoisotopic (exact) mass is 610 g/mol. The highest BCUT2D eigenvalue weighted by Gasteiger charge is 2.35. The number of aromatic nitrogens is 2. The van der Waals surface area contributed by atoms with Crippen LogP contribution in [0.2, 0.25) is 5.02 Å². The Hall–Kier alpha value is -3.72. The van der Waals surface area contributed by atoms with Gasteiger partial charge in [0.05, 0.1) is 31.0 Å². The molecule has 0 bridgehead atoms. The number of aryl methyl sites for hydroxylation is 1. The second-order valence-electron chi connectivity index (χ2n) is 13.1. The maximum atomic E-state index is 13.3. The summed E-state index contributed by atoms with van der Waals surface area (Å²) in [6.45, 7) is 17.1. The fraction of sp³-hybridized carbons (Fsp3) is 0.485. The minimum absolute atomic E-state index is 0.147. The normalized spacial score (nSPS) is 13.9. The zero-order valence-electron chi connectivity index (χ0n) is 26.6. The van der Waals surface area contributed by atoms with Crippen molar-refractivity contribution in [3.8, 4) is 11.5 Å². The minimum atomic E-state index is -0.563. The maximum Gasteiger partial charge on any atom is 0.410 e. The van der Waals surface area contributed by atoms with E-state index in [1.54, 1.807) is 12.0 Å². The highest BCUT2D eigenvalue weighted by Crippen LogP contribution is 2.36. The standard InChI is InChI=1S/C33H43ClN4O5/c1-20-29(30(39)35-24-17-37(18-24)31(40)43-33(6,7)8)21(2)38(36-20)16-23-14-26(32(3,4)5)27(34)15-28(23)42-19-22-10-12-25(41-9)13-11-22/h10-15,24H,16-19H2,1-9H3,(H,35,39). The summed E-state index contributed by atoms with van der Waals surface area (Å²) in [5.74, 6) is 1.23. The first-order chi connectivity index (χ1) is 20.1. The third-order valence-corrected chi connectivity index (χ3v) is 7.62. The van der Waals surface area contributed by atoms with Crippen LogP contribution in [0.5, 0.6) is 11.5 Å². The summed E-state index contributed by atoms with van der Waals surface area (Å²) in [4.78, 5) is 27.2. The summed E-state index contributed by atoms with van der Waals surface area (Å²) in [7, 11) is 1.64. The van der Waals surface area contributed by atoms with Gasteiger partial charge in [0, 0.05) is 29.4 Å². The molecule has 0 radical (unpaired) electrons. The van der Waals surface area contributed by atoms with Crippen molar-refractivity contribution in [3.05, 3.63) is 75.1 Å². The minimum Gasteiger partial charge on any atom is -0.497 e. The average molecular weight is 611 g/mol. The number of hydrogen-bond donors (Lipinski definition) is 1. The average Bonchev–Trinajstić information content (AvgIpc) is 3.16. The number of nitrogens with zero attached hydrogens (tertiary/aromatic N) is 3. The van der Waals surface area contributed by atoms with Crippen LogP contribution in [-0.2, 0) is 23.3 Å². The van der Waals surface area contributed by atoms with Gasteiger partial charge in [0.1, 0.15) is 23.7 Å². The Morgan fingerprint density at radius 3 is 2.28 bits per heavy atom. The zero-order chi connectivity index (χ0) is 31.7. The number of nitrogens with one attached hydrogen (secondary N) is 1. The number of hydrogen-bond acceptors (Lipinski definition) is 6. The van der Waals surface area contributed by atoms with E-state index in [-0.39, 0.29) is 23.5 Å². The fourth-order valence-electron chi connectivity index (χ4n) is 4.96. The first-order valence-electron chi connectivity index (χ1n) is 14.5. The molecule has 1 aromatic heterocycles. The molecule has 3 aromatic rings. The molecule has 2 amide bonds. The van der Waals surface area contributed by atoms with Gasteiger partial charge in [-0.3, -0.25) is 9.48 Å². The van der Waals surface area contributed by atoms with Crippen LogP contribution in [0.4, 0.5) is 4.79 Å². The smallest absolute Gasteiger partial charge is 0.410 e. The second kappa shape index (κ2) is 12.5. The lowest BCUT2D eigenvalue weighted by Crippen LogP contribution is -2.61. The summed E-state index contributed by atoms with van der Waals surface area (Å²) >= 11 is 6.74. The van der Waals surface area contributed by atoms with Gasteiger partial charge in [0.25, 0.3) is 5.91 Å². The first kappa shape index (κ1) is 32.2. The van der Waals surface area contributed by atoms with Gasteiger partial charge in [0.2, 0.25) is 0 Å². The van der Waals surface area contributed by atoms with E-state index in [4.69, 9.17) is 30.9 Å².